The Morgan fingerprint density at radius 1 is 0.933 bits per heavy atom. The molecule has 0 saturated carbocycles. The molecule has 0 amide bonds. The molecule has 92 valence electrons. The van der Waals surface area contributed by atoms with Gasteiger partial charge >= 0.3 is 0 Å². The van der Waals surface area contributed by atoms with Crippen molar-refractivity contribution in [3.05, 3.63) is 0 Å². The highest BCUT2D eigenvalue weighted by atomic mass is 16.3. The van der Waals surface area contributed by atoms with E-state index in [1.165, 1.54) is 19.3 Å². The van der Waals surface area contributed by atoms with Crippen LogP contribution >= 0.6 is 0 Å². The van der Waals surface area contributed by atoms with Gasteiger partial charge in [-0.25, -0.2) is 0 Å². The predicted molar refractivity (Wildman–Crippen MR) is 68.1 cm³/mol. The van der Waals surface area contributed by atoms with Gasteiger partial charge in [0, 0.05) is 0 Å². The fraction of sp³-hybridized carbons (Fsp3) is 1.00. The van der Waals surface area contributed by atoms with E-state index in [4.69, 9.17) is 0 Å². The summed E-state index contributed by atoms with van der Waals surface area (Å²) < 4.78 is 0. The van der Waals surface area contributed by atoms with Gasteiger partial charge in [-0.2, -0.15) is 0 Å². The van der Waals surface area contributed by atoms with E-state index in [0.29, 0.717) is 5.92 Å². The van der Waals surface area contributed by atoms with Crippen LogP contribution in [0.5, 0.6) is 0 Å². The molecule has 0 aliphatic carbocycles. The summed E-state index contributed by atoms with van der Waals surface area (Å²) in [5.41, 5.74) is -0.387. The Morgan fingerprint density at radius 3 is 1.73 bits per heavy atom. The van der Waals surface area contributed by atoms with Gasteiger partial charge in [-0.05, 0) is 25.2 Å². The Hall–Kier alpha value is -0.0400. The van der Waals surface area contributed by atoms with Crippen molar-refractivity contribution < 1.29 is 5.11 Å². The zero-order valence-electron chi connectivity index (χ0n) is 11.2. The zero-order valence-corrected chi connectivity index (χ0v) is 11.2. The van der Waals surface area contributed by atoms with Crippen LogP contribution in [0, 0.1) is 5.92 Å². The molecule has 0 spiro atoms. The summed E-state index contributed by atoms with van der Waals surface area (Å²) in [5.74, 6) is 0.459. The molecule has 1 nitrogen and oxygen atoms in total. The summed E-state index contributed by atoms with van der Waals surface area (Å²) in [7, 11) is 0. The Balaban J connectivity index is 4.23. The van der Waals surface area contributed by atoms with Gasteiger partial charge in [0.1, 0.15) is 0 Å². The number of rotatable bonds is 9. The van der Waals surface area contributed by atoms with Gasteiger partial charge in [0.05, 0.1) is 5.60 Å². The van der Waals surface area contributed by atoms with Crippen LogP contribution in [0.25, 0.3) is 0 Å². The second kappa shape index (κ2) is 8.15. The molecule has 0 fully saturated rings. The predicted octanol–water partition coefficient (Wildman–Crippen LogP) is 4.53. The van der Waals surface area contributed by atoms with Gasteiger partial charge in [0.2, 0.25) is 0 Å². The van der Waals surface area contributed by atoms with Crippen molar-refractivity contribution >= 4 is 0 Å². The molecular formula is C14H30O. The van der Waals surface area contributed by atoms with Crippen LogP contribution in [0.2, 0.25) is 0 Å². The lowest BCUT2D eigenvalue weighted by Gasteiger charge is -2.34. The average Bonchev–Trinajstić information content (AvgIpc) is 2.24. The molecule has 0 heterocycles. The first-order valence-corrected chi connectivity index (χ1v) is 6.83. The normalized spacial score (nSPS) is 14.2. The Kier molecular flexibility index (Phi) is 8.13. The Labute approximate surface area is 96.3 Å². The highest BCUT2D eigenvalue weighted by molar-refractivity contribution is 4.83. The van der Waals surface area contributed by atoms with Crippen LogP contribution < -0.4 is 0 Å². The van der Waals surface area contributed by atoms with Gasteiger partial charge in [0.15, 0.2) is 0 Å². The summed E-state index contributed by atoms with van der Waals surface area (Å²) in [5, 5.41) is 10.7. The summed E-state index contributed by atoms with van der Waals surface area (Å²) in [6.45, 7) is 8.82. The molecule has 0 aromatic heterocycles. The largest absolute Gasteiger partial charge is 0.390 e. The van der Waals surface area contributed by atoms with Gasteiger partial charge < -0.3 is 5.11 Å². The molecule has 1 unspecified atom stereocenters. The third-order valence-corrected chi connectivity index (χ3v) is 3.57. The molecule has 1 heteroatoms. The maximum atomic E-state index is 10.7. The Bertz CT molecular complexity index is 134. The highest BCUT2D eigenvalue weighted by Gasteiger charge is 2.31. The van der Waals surface area contributed by atoms with E-state index in [0.717, 1.165) is 32.1 Å². The number of aliphatic hydroxyl groups is 1. The molecular weight excluding hydrogens is 184 g/mol. The van der Waals surface area contributed by atoms with Crippen LogP contribution in [0.15, 0.2) is 0 Å². The average molecular weight is 214 g/mol. The van der Waals surface area contributed by atoms with Gasteiger partial charge in [-0.3, -0.25) is 0 Å². The molecule has 0 aromatic rings. The van der Waals surface area contributed by atoms with Crippen molar-refractivity contribution in [2.24, 2.45) is 5.92 Å². The molecule has 1 N–H and O–H groups in total. The molecule has 15 heavy (non-hydrogen) atoms. The van der Waals surface area contributed by atoms with Gasteiger partial charge in [-0.15, -0.1) is 0 Å². The monoisotopic (exact) mass is 214 g/mol. The van der Waals surface area contributed by atoms with Crippen LogP contribution in [0.4, 0.5) is 0 Å². The van der Waals surface area contributed by atoms with Crippen LogP contribution in [0.1, 0.15) is 79.1 Å². The van der Waals surface area contributed by atoms with Gasteiger partial charge in [-0.1, -0.05) is 59.8 Å². The molecule has 0 saturated heterocycles. The van der Waals surface area contributed by atoms with Crippen LogP contribution in [-0.4, -0.2) is 10.7 Å². The first kappa shape index (κ1) is 15.0. The van der Waals surface area contributed by atoms with Gasteiger partial charge in [0.25, 0.3) is 0 Å². The molecule has 0 aliphatic heterocycles. The second-order valence-electron chi connectivity index (χ2n) is 5.00. The van der Waals surface area contributed by atoms with E-state index in [-0.39, 0.29) is 5.60 Å². The van der Waals surface area contributed by atoms with Crippen molar-refractivity contribution in [2.45, 2.75) is 84.7 Å². The third kappa shape index (κ3) is 5.55. The van der Waals surface area contributed by atoms with E-state index in [1.807, 2.05) is 0 Å². The van der Waals surface area contributed by atoms with Crippen LogP contribution in [0.3, 0.4) is 0 Å². The fourth-order valence-electron chi connectivity index (χ4n) is 2.29. The summed E-state index contributed by atoms with van der Waals surface area (Å²) in [6.07, 6.45) is 9.02. The van der Waals surface area contributed by atoms with Crippen molar-refractivity contribution in [3.63, 3.8) is 0 Å². The maximum Gasteiger partial charge on any atom is 0.0673 e. The fourth-order valence-corrected chi connectivity index (χ4v) is 2.29. The van der Waals surface area contributed by atoms with E-state index >= 15 is 0 Å². The van der Waals surface area contributed by atoms with E-state index < -0.39 is 0 Å². The maximum absolute atomic E-state index is 10.7. The van der Waals surface area contributed by atoms with Crippen molar-refractivity contribution in [1.29, 1.82) is 0 Å². The Morgan fingerprint density at radius 2 is 1.40 bits per heavy atom. The third-order valence-electron chi connectivity index (χ3n) is 3.57. The lowest BCUT2D eigenvalue weighted by molar-refractivity contribution is -0.0338. The zero-order chi connectivity index (χ0) is 11.7. The summed E-state index contributed by atoms with van der Waals surface area (Å²) in [4.78, 5) is 0. The molecule has 0 aromatic carbocycles. The smallest absolute Gasteiger partial charge is 0.0673 e. The quantitative estimate of drug-likeness (QED) is 0.597. The minimum Gasteiger partial charge on any atom is -0.390 e. The van der Waals surface area contributed by atoms with Crippen molar-refractivity contribution in [1.82, 2.24) is 0 Å². The lowest BCUT2D eigenvalue weighted by Crippen LogP contribution is -2.36. The van der Waals surface area contributed by atoms with Crippen LogP contribution in [-0.2, 0) is 0 Å². The molecule has 0 rings (SSSR count). The van der Waals surface area contributed by atoms with Crippen molar-refractivity contribution in [2.75, 3.05) is 0 Å². The molecule has 1 atom stereocenters. The lowest BCUT2D eigenvalue weighted by atomic mass is 9.78. The molecule has 0 aliphatic rings. The minimum atomic E-state index is -0.387. The summed E-state index contributed by atoms with van der Waals surface area (Å²) >= 11 is 0. The van der Waals surface area contributed by atoms with E-state index in [9.17, 15) is 5.11 Å². The summed E-state index contributed by atoms with van der Waals surface area (Å²) in [6, 6.07) is 0. The molecule has 0 radical (unpaired) electrons. The highest BCUT2D eigenvalue weighted by Crippen LogP contribution is 2.32. The molecule has 0 bridgehead atoms. The standard InChI is InChI=1S/C14H30O/c1-5-8-11-14(15,12-9-6-2)13(4)10-7-3/h13,15H,5-12H2,1-4H3. The SMILES string of the molecule is CCCCC(O)(CCCC)C(C)CCC. The first-order chi connectivity index (χ1) is 7.10. The van der Waals surface area contributed by atoms with E-state index in [1.54, 1.807) is 0 Å². The second-order valence-corrected chi connectivity index (χ2v) is 5.00. The minimum absolute atomic E-state index is 0.387. The first-order valence-electron chi connectivity index (χ1n) is 6.83. The van der Waals surface area contributed by atoms with E-state index in [2.05, 4.69) is 27.7 Å². The topological polar surface area (TPSA) is 20.2 Å². The van der Waals surface area contributed by atoms with Crippen molar-refractivity contribution in [3.8, 4) is 0 Å². The number of hydrogen-bond donors (Lipinski definition) is 1. The number of unbranched alkanes of at least 4 members (excludes halogenated alkanes) is 2. The number of hydrogen-bond acceptors (Lipinski definition) is 1.